The molecule has 0 amide bonds. The number of hydrogen-bond donors (Lipinski definition) is 0. The number of rotatable bonds is 0. The summed E-state index contributed by atoms with van der Waals surface area (Å²) in [5.74, 6) is 0. The fourth-order valence-corrected chi connectivity index (χ4v) is 0. The van der Waals surface area contributed by atoms with Crippen molar-refractivity contribution in [2.45, 2.75) is 0 Å². The van der Waals surface area contributed by atoms with E-state index in [0.717, 1.165) is 0 Å². The molecule has 0 unspecified atom stereocenters. The predicted octanol–water partition coefficient (Wildman–Crippen LogP) is -0.842. The summed E-state index contributed by atoms with van der Waals surface area (Å²) in [6, 6.07) is 0. The summed E-state index contributed by atoms with van der Waals surface area (Å²) in [4.78, 5) is 0. The Balaban J connectivity index is 0. The quantitative estimate of drug-likeness (QED) is 0.425. The van der Waals surface area contributed by atoms with Gasteiger partial charge in [-0.25, -0.2) is 0 Å². The van der Waals surface area contributed by atoms with Crippen molar-refractivity contribution in [1.29, 1.82) is 0 Å². The Bertz CT molecular complexity index is 14.4. The zero-order valence-electron chi connectivity index (χ0n) is 5.17. The van der Waals surface area contributed by atoms with Gasteiger partial charge in [0.2, 0.25) is 0 Å². The summed E-state index contributed by atoms with van der Waals surface area (Å²) in [6.07, 6.45) is 0. The van der Waals surface area contributed by atoms with Gasteiger partial charge < -0.3 is 38.3 Å². The summed E-state index contributed by atoms with van der Waals surface area (Å²) in [5, 5.41) is 0. The van der Waals surface area contributed by atoms with Crippen LogP contribution in [-0.4, -0.2) is 0 Å². The van der Waals surface area contributed by atoms with Gasteiger partial charge >= 0.3 is 91.7 Å². The van der Waals surface area contributed by atoms with Crippen molar-refractivity contribution in [3.05, 3.63) is 0 Å². The number of hydrogen-bond acceptors (Lipinski definition) is 0. The van der Waals surface area contributed by atoms with E-state index in [0.29, 0.717) is 0 Å². The molecule has 11 heavy (non-hydrogen) atoms. The van der Waals surface area contributed by atoms with Crippen molar-refractivity contribution in [2.24, 2.45) is 0 Å². The summed E-state index contributed by atoms with van der Waals surface area (Å²) in [6.45, 7) is 0. The molecule has 56 valence electrons. The third-order valence-corrected chi connectivity index (χ3v) is 0. The zero-order chi connectivity index (χ0) is 0. The first kappa shape index (κ1) is 298. The third kappa shape index (κ3) is 196. The van der Waals surface area contributed by atoms with Crippen LogP contribution in [0, 0.1) is 0 Å². The molecule has 0 aliphatic rings. The van der Waals surface area contributed by atoms with Gasteiger partial charge in [-0.2, -0.15) is 0 Å². The molecule has 0 heterocycles. The third-order valence-electron chi connectivity index (χ3n) is 0. The van der Waals surface area contributed by atoms with Crippen LogP contribution in [0.3, 0.4) is 0 Å². The van der Waals surface area contributed by atoms with Crippen molar-refractivity contribution >= 4 is 0 Å². The molecule has 0 atom stereocenters. The first-order chi connectivity index (χ1) is 0. The van der Waals surface area contributed by atoms with E-state index >= 15 is 0 Å². The van der Waals surface area contributed by atoms with Gasteiger partial charge in [-0.15, -0.1) is 0 Å². The van der Waals surface area contributed by atoms with Crippen LogP contribution >= 0.6 is 0 Å². The van der Waals surface area contributed by atoms with E-state index in [9.17, 15) is 0 Å². The van der Waals surface area contributed by atoms with E-state index in [2.05, 4.69) is 0 Å². The van der Waals surface area contributed by atoms with E-state index in [4.69, 9.17) is 0 Å². The molecular formula is Cd2O7V2. The van der Waals surface area contributed by atoms with Gasteiger partial charge in [-0.05, 0) is 0 Å². The largest absolute Gasteiger partial charge is 5.00 e. The SMILES string of the molecule is [Cd+2].[Cd+2].[O-2].[O-2].[O-2].[O-2].[O-2].[O-2].[O-2].[V+5].[V+5]. The van der Waals surface area contributed by atoms with Crippen LogP contribution < -0.4 is 0 Å². The van der Waals surface area contributed by atoms with Crippen LogP contribution in [0.25, 0.3) is 0 Å². The minimum absolute atomic E-state index is 0. The summed E-state index contributed by atoms with van der Waals surface area (Å²) < 4.78 is 0. The Morgan fingerprint density at radius 1 is 0.273 bits per heavy atom. The van der Waals surface area contributed by atoms with Crippen molar-refractivity contribution in [3.63, 3.8) is 0 Å². The van der Waals surface area contributed by atoms with Crippen LogP contribution in [0.15, 0.2) is 0 Å². The van der Waals surface area contributed by atoms with Gasteiger partial charge in [0, 0.05) is 0 Å². The molecule has 0 aliphatic carbocycles. The van der Waals surface area contributed by atoms with E-state index in [-0.39, 0.29) is 130 Å². The van der Waals surface area contributed by atoms with Crippen molar-refractivity contribution in [1.82, 2.24) is 0 Å². The molecule has 0 aliphatic heterocycles. The van der Waals surface area contributed by atoms with E-state index in [1.807, 2.05) is 0 Å². The van der Waals surface area contributed by atoms with Crippen LogP contribution in [0.5, 0.6) is 0 Å². The molecule has 0 radical (unpaired) electrons. The minimum atomic E-state index is 0. The monoisotopic (exact) mass is 442 g/mol. The van der Waals surface area contributed by atoms with Gasteiger partial charge in [0.1, 0.15) is 0 Å². The second kappa shape index (κ2) is 235. The van der Waals surface area contributed by atoms with Gasteiger partial charge in [-0.3, -0.25) is 0 Å². The van der Waals surface area contributed by atoms with Crippen LogP contribution in [0.2, 0.25) is 0 Å². The molecule has 7 nitrogen and oxygen atoms in total. The molecule has 0 spiro atoms. The van der Waals surface area contributed by atoms with E-state index in [1.165, 1.54) is 0 Å². The average Bonchev–Trinajstić information content (AvgIpc) is 0. The fraction of sp³-hybridized carbons (Fsp3) is 0. The standard InChI is InChI=1S/2Cd.7O.2V/q2*+2;7*-2;2*+5. The van der Waals surface area contributed by atoms with Crippen LogP contribution in [0.1, 0.15) is 0 Å². The Hall–Kier alpha value is 2.73. The van der Waals surface area contributed by atoms with Gasteiger partial charge in [0.25, 0.3) is 0 Å². The van der Waals surface area contributed by atoms with Gasteiger partial charge in [0.05, 0.1) is 0 Å². The van der Waals surface area contributed by atoms with Gasteiger partial charge in [0.15, 0.2) is 0 Å². The van der Waals surface area contributed by atoms with E-state index < -0.39 is 0 Å². The molecule has 0 aromatic rings. The minimum Gasteiger partial charge on any atom is -2.00 e. The van der Waals surface area contributed by atoms with Crippen molar-refractivity contribution in [2.75, 3.05) is 0 Å². The maximum Gasteiger partial charge on any atom is 5.00 e. The van der Waals surface area contributed by atoms with Crippen LogP contribution in [0.4, 0.5) is 0 Å². The second-order valence-electron chi connectivity index (χ2n) is 0. The maximum atomic E-state index is 0. The molecular weight excluding hydrogens is 439 g/mol. The Labute approximate surface area is 128 Å². The van der Waals surface area contributed by atoms with Crippen molar-refractivity contribution in [3.8, 4) is 0 Å². The van der Waals surface area contributed by atoms with Gasteiger partial charge in [-0.1, -0.05) is 0 Å². The molecule has 0 saturated heterocycles. The summed E-state index contributed by atoms with van der Waals surface area (Å²) in [5.41, 5.74) is 0. The Morgan fingerprint density at radius 3 is 0.273 bits per heavy atom. The molecule has 0 aromatic carbocycles. The molecule has 0 aromatic heterocycles. The maximum absolute atomic E-state index is 0. The Morgan fingerprint density at radius 2 is 0.273 bits per heavy atom. The molecule has 0 bridgehead atoms. The molecule has 0 saturated carbocycles. The second-order valence-corrected chi connectivity index (χ2v) is 0. The summed E-state index contributed by atoms with van der Waals surface area (Å²) in [7, 11) is 0. The predicted molar refractivity (Wildman–Crippen MR) is 4.81 cm³/mol. The molecule has 11 heteroatoms. The molecule has 0 N–H and O–H groups in total. The average molecular weight is 439 g/mol. The van der Waals surface area contributed by atoms with E-state index in [1.54, 1.807) is 0 Å². The normalized spacial score (nSPS) is 0. The topological polar surface area (TPSA) is 200 Å². The van der Waals surface area contributed by atoms with Crippen LogP contribution in [-0.2, 0) is 130 Å². The first-order valence-corrected chi connectivity index (χ1v) is 0. The summed E-state index contributed by atoms with van der Waals surface area (Å²) >= 11 is 0. The Kier molecular flexibility index (Phi) is 6360. The zero-order valence-corrected chi connectivity index (χ0v) is 16.0. The molecule has 0 fully saturated rings. The smallest absolute Gasteiger partial charge is 2.00 e. The fourth-order valence-electron chi connectivity index (χ4n) is 0. The van der Waals surface area contributed by atoms with Crippen molar-refractivity contribution < 1.29 is 130 Å². The first-order valence-electron chi connectivity index (χ1n) is 0. The molecule has 0 rings (SSSR count).